The van der Waals surface area contributed by atoms with Crippen LogP contribution >= 0.6 is 54.5 Å². The highest BCUT2D eigenvalue weighted by Gasteiger charge is 2.14. The lowest BCUT2D eigenvalue weighted by molar-refractivity contribution is -0.138. The molecule has 2 rings (SSSR count). The maximum absolute atomic E-state index is 12.2. The average Bonchev–Trinajstić information content (AvgIpc) is 3.24. The van der Waals surface area contributed by atoms with Crippen LogP contribution < -0.4 is 0 Å². The molecule has 0 radical (unpaired) electrons. The van der Waals surface area contributed by atoms with Crippen molar-refractivity contribution in [3.8, 4) is 6.07 Å². The zero-order valence-corrected chi connectivity index (χ0v) is 21.6. The molecule has 0 fully saturated rings. The second-order valence-electron chi connectivity index (χ2n) is 7.03. The van der Waals surface area contributed by atoms with Crippen LogP contribution in [0.1, 0.15) is 76.0 Å². The van der Waals surface area contributed by atoms with Gasteiger partial charge < -0.3 is 4.74 Å². The standard InChI is InChI=1S/C22H27Br2NO2S2/c1-2-3-4-5-6-7-8-9-10-11-12-27-22(26)16(15-25)13-17-14-18-19(28-17)21(24)29-20(18)23/h13-14H,2-12H2,1H3/b16-13+. The number of carbonyl (C=O) groups excluding carboxylic acids is 1. The number of carbonyl (C=O) groups is 1. The van der Waals surface area contributed by atoms with Crippen LogP contribution in [0.3, 0.4) is 0 Å². The van der Waals surface area contributed by atoms with E-state index in [2.05, 4.69) is 38.8 Å². The van der Waals surface area contributed by atoms with Crippen molar-refractivity contribution in [2.24, 2.45) is 0 Å². The Morgan fingerprint density at radius 1 is 1.03 bits per heavy atom. The molecule has 0 bridgehead atoms. The van der Waals surface area contributed by atoms with Gasteiger partial charge in [-0.15, -0.1) is 22.7 Å². The lowest BCUT2D eigenvalue weighted by atomic mass is 10.1. The van der Waals surface area contributed by atoms with E-state index in [9.17, 15) is 10.1 Å². The molecular formula is C22H27Br2NO2S2. The predicted molar refractivity (Wildman–Crippen MR) is 131 cm³/mol. The van der Waals surface area contributed by atoms with Gasteiger partial charge in [-0.2, -0.15) is 5.26 Å². The Labute approximate surface area is 198 Å². The van der Waals surface area contributed by atoms with Crippen molar-refractivity contribution in [2.75, 3.05) is 6.61 Å². The molecule has 2 aromatic heterocycles. The van der Waals surface area contributed by atoms with E-state index in [0.29, 0.717) is 6.61 Å². The van der Waals surface area contributed by atoms with Crippen molar-refractivity contribution in [1.29, 1.82) is 5.26 Å². The van der Waals surface area contributed by atoms with E-state index in [1.807, 2.05) is 12.1 Å². The molecular weight excluding hydrogens is 534 g/mol. The summed E-state index contributed by atoms with van der Waals surface area (Å²) in [6.07, 6.45) is 14.0. The fourth-order valence-electron chi connectivity index (χ4n) is 3.06. The summed E-state index contributed by atoms with van der Waals surface area (Å²) in [6, 6.07) is 3.96. The summed E-state index contributed by atoms with van der Waals surface area (Å²) in [5.74, 6) is -0.530. The van der Waals surface area contributed by atoms with Gasteiger partial charge in [-0.1, -0.05) is 64.7 Å². The number of thiophene rings is 2. The molecule has 2 aromatic rings. The Morgan fingerprint density at radius 3 is 2.24 bits per heavy atom. The Balaban J connectivity index is 1.68. The van der Waals surface area contributed by atoms with Crippen LogP contribution in [0.2, 0.25) is 0 Å². The molecule has 2 heterocycles. The van der Waals surface area contributed by atoms with Crippen molar-refractivity contribution < 1.29 is 9.53 Å². The van der Waals surface area contributed by atoms with Gasteiger partial charge >= 0.3 is 5.97 Å². The fraction of sp³-hybridized carbons (Fsp3) is 0.545. The summed E-state index contributed by atoms with van der Waals surface area (Å²) < 4.78 is 8.50. The molecule has 3 nitrogen and oxygen atoms in total. The number of ether oxygens (including phenoxy) is 1. The van der Waals surface area contributed by atoms with E-state index < -0.39 is 5.97 Å². The summed E-state index contributed by atoms with van der Waals surface area (Å²) in [7, 11) is 0. The second kappa shape index (κ2) is 13.6. The summed E-state index contributed by atoms with van der Waals surface area (Å²) >= 11 is 10.3. The van der Waals surface area contributed by atoms with Crippen LogP contribution in [0.25, 0.3) is 16.2 Å². The molecule has 0 unspecified atom stereocenters. The fourth-order valence-corrected chi connectivity index (χ4v) is 7.47. The number of hydrogen-bond acceptors (Lipinski definition) is 5. The molecule has 0 N–H and O–H groups in total. The third kappa shape index (κ3) is 8.16. The molecule has 7 heteroatoms. The molecule has 0 aliphatic carbocycles. The van der Waals surface area contributed by atoms with Crippen molar-refractivity contribution in [2.45, 2.75) is 71.1 Å². The largest absolute Gasteiger partial charge is 0.462 e. The molecule has 158 valence electrons. The van der Waals surface area contributed by atoms with Crippen molar-refractivity contribution in [3.05, 3.63) is 24.1 Å². The second-order valence-corrected chi connectivity index (χ2v) is 11.8. The summed E-state index contributed by atoms with van der Waals surface area (Å²) in [5, 5.41) is 10.4. The van der Waals surface area contributed by atoms with Gasteiger partial charge in [0.1, 0.15) is 11.6 Å². The zero-order chi connectivity index (χ0) is 21.1. The quantitative estimate of drug-likeness (QED) is 0.106. The maximum Gasteiger partial charge on any atom is 0.348 e. The van der Waals surface area contributed by atoms with Gasteiger partial charge in [-0.25, -0.2) is 4.79 Å². The van der Waals surface area contributed by atoms with E-state index in [-0.39, 0.29) is 5.57 Å². The number of nitrogens with zero attached hydrogens (tertiary/aromatic N) is 1. The molecule has 0 amide bonds. The number of rotatable bonds is 13. The predicted octanol–water partition coefficient (Wildman–Crippen LogP) is 8.86. The third-order valence-corrected chi connectivity index (χ3v) is 8.75. The maximum atomic E-state index is 12.2. The molecule has 0 aromatic carbocycles. The van der Waals surface area contributed by atoms with E-state index in [0.717, 1.165) is 35.4 Å². The normalized spacial score (nSPS) is 11.7. The van der Waals surface area contributed by atoms with Gasteiger partial charge in [-0.3, -0.25) is 0 Å². The smallest absolute Gasteiger partial charge is 0.348 e. The SMILES string of the molecule is CCCCCCCCCCCCOC(=O)/C(C#N)=C/c1cc2c(Br)sc(Br)c2s1. The highest BCUT2D eigenvalue weighted by molar-refractivity contribution is 9.12. The minimum absolute atomic E-state index is 0.0527. The first-order valence-electron chi connectivity index (χ1n) is 10.2. The van der Waals surface area contributed by atoms with Crippen LogP contribution in [-0.4, -0.2) is 12.6 Å². The molecule has 0 saturated carbocycles. The van der Waals surface area contributed by atoms with Crippen molar-refractivity contribution in [3.63, 3.8) is 0 Å². The first kappa shape index (κ1) is 24.6. The van der Waals surface area contributed by atoms with Crippen LogP contribution in [0, 0.1) is 11.3 Å². The number of halogens is 2. The van der Waals surface area contributed by atoms with Crippen LogP contribution in [0.4, 0.5) is 0 Å². The lowest BCUT2D eigenvalue weighted by Gasteiger charge is -2.04. The Kier molecular flexibility index (Phi) is 11.5. The highest BCUT2D eigenvalue weighted by atomic mass is 79.9. The van der Waals surface area contributed by atoms with Gasteiger partial charge in [0.25, 0.3) is 0 Å². The highest BCUT2D eigenvalue weighted by Crippen LogP contribution is 2.44. The number of fused-ring (bicyclic) bond motifs is 1. The summed E-state index contributed by atoms with van der Waals surface area (Å²) in [4.78, 5) is 13.1. The van der Waals surface area contributed by atoms with E-state index in [1.165, 1.54) is 51.4 Å². The van der Waals surface area contributed by atoms with Gasteiger partial charge in [0.2, 0.25) is 0 Å². The number of unbranched alkanes of at least 4 members (excludes halogenated alkanes) is 9. The average molecular weight is 561 g/mol. The van der Waals surface area contributed by atoms with E-state index in [4.69, 9.17) is 4.74 Å². The van der Waals surface area contributed by atoms with Gasteiger partial charge in [0, 0.05) is 10.3 Å². The lowest BCUT2D eigenvalue weighted by Crippen LogP contribution is -2.07. The van der Waals surface area contributed by atoms with Crippen molar-refractivity contribution >= 4 is 76.7 Å². The number of nitriles is 1. The first-order valence-corrected chi connectivity index (χ1v) is 13.4. The van der Waals surface area contributed by atoms with Gasteiger partial charge in [0.05, 0.1) is 18.9 Å². The molecule has 0 atom stereocenters. The monoisotopic (exact) mass is 559 g/mol. The molecule has 0 aliphatic heterocycles. The summed E-state index contributed by atoms with van der Waals surface area (Å²) in [6.45, 7) is 2.62. The van der Waals surface area contributed by atoms with Crippen LogP contribution in [0.15, 0.2) is 19.2 Å². The van der Waals surface area contributed by atoms with Gasteiger partial charge in [0.15, 0.2) is 0 Å². The minimum atomic E-state index is -0.530. The van der Waals surface area contributed by atoms with Gasteiger partial charge in [-0.05, 0) is 50.4 Å². The molecule has 0 aliphatic rings. The Bertz CT molecular complexity index is 830. The zero-order valence-electron chi connectivity index (χ0n) is 16.8. The minimum Gasteiger partial charge on any atom is -0.462 e. The molecule has 29 heavy (non-hydrogen) atoms. The Morgan fingerprint density at radius 2 is 1.66 bits per heavy atom. The van der Waals surface area contributed by atoms with Crippen LogP contribution in [-0.2, 0) is 9.53 Å². The first-order chi connectivity index (χ1) is 14.1. The van der Waals surface area contributed by atoms with Crippen molar-refractivity contribution in [1.82, 2.24) is 0 Å². The van der Waals surface area contributed by atoms with E-state index in [1.54, 1.807) is 28.7 Å². The molecule has 0 spiro atoms. The summed E-state index contributed by atoms with van der Waals surface area (Å²) in [5.41, 5.74) is 0.0527. The number of hydrogen-bond donors (Lipinski definition) is 0. The topological polar surface area (TPSA) is 50.1 Å². The van der Waals surface area contributed by atoms with Crippen LogP contribution in [0.5, 0.6) is 0 Å². The van der Waals surface area contributed by atoms with E-state index >= 15 is 0 Å². The molecule has 0 saturated heterocycles. The number of esters is 1. The Hall–Kier alpha value is -0.680. The third-order valence-electron chi connectivity index (χ3n) is 4.68.